The Bertz CT molecular complexity index is 620. The van der Waals surface area contributed by atoms with Crippen molar-refractivity contribution in [3.8, 4) is 17.0 Å². The second-order valence-electron chi connectivity index (χ2n) is 4.35. The summed E-state index contributed by atoms with van der Waals surface area (Å²) >= 11 is 0. The van der Waals surface area contributed by atoms with Crippen LogP contribution in [0.3, 0.4) is 0 Å². The molecule has 1 aliphatic rings. The molecule has 0 spiro atoms. The van der Waals surface area contributed by atoms with E-state index in [9.17, 15) is 4.79 Å². The molecule has 3 heteroatoms. The average molecular weight is 239 g/mol. The van der Waals surface area contributed by atoms with E-state index < -0.39 is 0 Å². The molecular formula is C15H13NO2. The number of ketones is 1. The summed E-state index contributed by atoms with van der Waals surface area (Å²) in [6, 6.07) is 9.62. The predicted octanol–water partition coefficient (Wildman–Crippen LogP) is 2.89. The van der Waals surface area contributed by atoms with Gasteiger partial charge in [0.25, 0.3) is 0 Å². The number of rotatable bonds is 2. The Kier molecular flexibility index (Phi) is 2.59. The molecule has 3 nitrogen and oxygen atoms in total. The summed E-state index contributed by atoms with van der Waals surface area (Å²) < 4.78 is 5.31. The number of aryl methyl sites for hydroxylation is 1. The van der Waals surface area contributed by atoms with Gasteiger partial charge in [0, 0.05) is 23.7 Å². The first-order valence-corrected chi connectivity index (χ1v) is 5.95. The fourth-order valence-corrected chi connectivity index (χ4v) is 2.37. The summed E-state index contributed by atoms with van der Waals surface area (Å²) in [6.45, 7) is 0. The van der Waals surface area contributed by atoms with E-state index in [-0.39, 0.29) is 5.78 Å². The van der Waals surface area contributed by atoms with Gasteiger partial charge >= 0.3 is 0 Å². The van der Waals surface area contributed by atoms with Crippen LogP contribution >= 0.6 is 0 Å². The molecule has 0 atom stereocenters. The van der Waals surface area contributed by atoms with Crippen molar-refractivity contribution in [1.29, 1.82) is 0 Å². The van der Waals surface area contributed by atoms with Crippen LogP contribution in [-0.2, 0) is 6.42 Å². The van der Waals surface area contributed by atoms with Crippen LogP contribution in [0.1, 0.15) is 22.3 Å². The Morgan fingerprint density at radius 2 is 2.11 bits per heavy atom. The number of nitrogens with zero attached hydrogens (tertiary/aromatic N) is 1. The molecule has 90 valence electrons. The lowest BCUT2D eigenvalue weighted by molar-refractivity contribution is 0.0994. The van der Waals surface area contributed by atoms with Gasteiger partial charge in [-0.05, 0) is 30.2 Å². The van der Waals surface area contributed by atoms with E-state index in [4.69, 9.17) is 4.74 Å². The van der Waals surface area contributed by atoms with Crippen LogP contribution < -0.4 is 4.74 Å². The van der Waals surface area contributed by atoms with Crippen LogP contribution in [0.25, 0.3) is 11.3 Å². The number of aromatic nitrogens is 1. The molecule has 1 aliphatic carbocycles. The molecule has 0 saturated carbocycles. The van der Waals surface area contributed by atoms with Crippen LogP contribution in [0.2, 0.25) is 0 Å². The maximum absolute atomic E-state index is 11.6. The Hall–Kier alpha value is -2.16. The van der Waals surface area contributed by atoms with Crippen molar-refractivity contribution in [2.75, 3.05) is 7.11 Å². The lowest BCUT2D eigenvalue weighted by Crippen LogP contribution is -1.93. The molecular weight excluding hydrogens is 226 g/mol. The third-order valence-corrected chi connectivity index (χ3v) is 3.29. The van der Waals surface area contributed by atoms with E-state index >= 15 is 0 Å². The van der Waals surface area contributed by atoms with Crippen molar-refractivity contribution in [2.24, 2.45) is 0 Å². The number of fused-ring (bicyclic) bond motifs is 1. The second-order valence-corrected chi connectivity index (χ2v) is 4.35. The first-order chi connectivity index (χ1) is 8.79. The highest BCUT2D eigenvalue weighted by atomic mass is 16.5. The summed E-state index contributed by atoms with van der Waals surface area (Å²) in [5, 5.41) is 0. The SMILES string of the molecule is COc1cccnc1-c1ccc2c(c1)CCC2=O. The molecule has 1 aromatic carbocycles. The van der Waals surface area contributed by atoms with Crippen LogP contribution in [0.5, 0.6) is 5.75 Å². The number of benzene rings is 1. The molecule has 0 amide bonds. The predicted molar refractivity (Wildman–Crippen MR) is 68.9 cm³/mol. The van der Waals surface area contributed by atoms with E-state index in [2.05, 4.69) is 4.98 Å². The fourth-order valence-electron chi connectivity index (χ4n) is 2.37. The molecule has 2 aromatic rings. The molecule has 0 unspecified atom stereocenters. The lowest BCUT2D eigenvalue weighted by Gasteiger charge is -2.08. The molecule has 0 aliphatic heterocycles. The van der Waals surface area contributed by atoms with Crippen molar-refractivity contribution < 1.29 is 9.53 Å². The van der Waals surface area contributed by atoms with Crippen molar-refractivity contribution in [1.82, 2.24) is 4.98 Å². The topological polar surface area (TPSA) is 39.2 Å². The molecule has 18 heavy (non-hydrogen) atoms. The number of hydrogen-bond acceptors (Lipinski definition) is 3. The lowest BCUT2D eigenvalue weighted by atomic mass is 10.0. The summed E-state index contributed by atoms with van der Waals surface area (Å²) in [5.41, 5.74) is 3.79. The molecule has 1 heterocycles. The third-order valence-electron chi connectivity index (χ3n) is 3.29. The smallest absolute Gasteiger partial charge is 0.163 e. The van der Waals surface area contributed by atoms with Gasteiger partial charge < -0.3 is 4.74 Å². The van der Waals surface area contributed by atoms with Gasteiger partial charge in [0.1, 0.15) is 11.4 Å². The van der Waals surface area contributed by atoms with Crippen LogP contribution in [-0.4, -0.2) is 17.9 Å². The van der Waals surface area contributed by atoms with Crippen molar-refractivity contribution in [2.45, 2.75) is 12.8 Å². The van der Waals surface area contributed by atoms with Crippen molar-refractivity contribution in [3.05, 3.63) is 47.7 Å². The Morgan fingerprint density at radius 3 is 2.94 bits per heavy atom. The summed E-state index contributed by atoms with van der Waals surface area (Å²) in [6.07, 6.45) is 3.20. The largest absolute Gasteiger partial charge is 0.494 e. The Labute approximate surface area is 105 Å². The number of ether oxygens (including phenoxy) is 1. The number of carbonyl (C=O) groups excluding carboxylic acids is 1. The number of carbonyl (C=O) groups is 1. The Morgan fingerprint density at radius 1 is 1.22 bits per heavy atom. The van der Waals surface area contributed by atoms with Crippen molar-refractivity contribution >= 4 is 5.78 Å². The van der Waals surface area contributed by atoms with Gasteiger partial charge in [0.15, 0.2) is 5.78 Å². The number of hydrogen-bond donors (Lipinski definition) is 0. The van der Waals surface area contributed by atoms with E-state index in [1.54, 1.807) is 13.3 Å². The Balaban J connectivity index is 2.11. The average Bonchev–Trinajstić information content (AvgIpc) is 2.80. The standard InChI is InChI=1S/C15H13NO2/c1-18-14-3-2-8-16-15(14)11-4-6-12-10(9-11)5-7-13(12)17/h2-4,6,8-9H,5,7H2,1H3. The van der Waals surface area contributed by atoms with Gasteiger partial charge in [-0.15, -0.1) is 0 Å². The van der Waals surface area contributed by atoms with Gasteiger partial charge in [-0.25, -0.2) is 0 Å². The maximum Gasteiger partial charge on any atom is 0.163 e. The molecule has 0 radical (unpaired) electrons. The summed E-state index contributed by atoms with van der Waals surface area (Å²) in [5.74, 6) is 0.992. The highest BCUT2D eigenvalue weighted by molar-refractivity contribution is 6.00. The first-order valence-electron chi connectivity index (χ1n) is 5.95. The second kappa shape index (κ2) is 4.26. The van der Waals surface area contributed by atoms with Crippen LogP contribution in [0.15, 0.2) is 36.5 Å². The van der Waals surface area contributed by atoms with E-state index in [1.165, 1.54) is 0 Å². The molecule has 0 bridgehead atoms. The minimum absolute atomic E-state index is 0.240. The molecule has 3 rings (SSSR count). The minimum atomic E-state index is 0.240. The molecule has 1 aromatic heterocycles. The van der Waals surface area contributed by atoms with Crippen LogP contribution in [0, 0.1) is 0 Å². The number of pyridine rings is 1. The molecule has 0 saturated heterocycles. The van der Waals surface area contributed by atoms with Crippen LogP contribution in [0.4, 0.5) is 0 Å². The number of Topliss-reactive ketones (excluding diaryl/α,β-unsaturated/α-hetero) is 1. The zero-order valence-corrected chi connectivity index (χ0v) is 10.1. The quantitative estimate of drug-likeness (QED) is 0.808. The molecule has 0 fully saturated rings. The molecule has 0 N–H and O–H groups in total. The van der Waals surface area contributed by atoms with Gasteiger partial charge in [-0.2, -0.15) is 0 Å². The van der Waals surface area contributed by atoms with Gasteiger partial charge in [0.05, 0.1) is 7.11 Å². The summed E-state index contributed by atoms with van der Waals surface area (Å²) in [4.78, 5) is 16.0. The highest BCUT2D eigenvalue weighted by Crippen LogP contribution is 2.31. The fraction of sp³-hybridized carbons (Fsp3) is 0.200. The summed E-state index contributed by atoms with van der Waals surface area (Å²) in [7, 11) is 1.64. The monoisotopic (exact) mass is 239 g/mol. The zero-order valence-electron chi connectivity index (χ0n) is 10.1. The van der Waals surface area contributed by atoms with E-state index in [1.807, 2.05) is 30.3 Å². The minimum Gasteiger partial charge on any atom is -0.494 e. The highest BCUT2D eigenvalue weighted by Gasteiger charge is 2.20. The normalized spacial score (nSPS) is 13.5. The van der Waals surface area contributed by atoms with Gasteiger partial charge in [-0.3, -0.25) is 9.78 Å². The zero-order chi connectivity index (χ0) is 12.5. The van der Waals surface area contributed by atoms with Gasteiger partial charge in [0.2, 0.25) is 0 Å². The van der Waals surface area contributed by atoms with Gasteiger partial charge in [-0.1, -0.05) is 12.1 Å². The maximum atomic E-state index is 11.6. The van der Waals surface area contributed by atoms with E-state index in [0.717, 1.165) is 34.6 Å². The van der Waals surface area contributed by atoms with Crippen molar-refractivity contribution in [3.63, 3.8) is 0 Å². The first kappa shape index (κ1) is 11.0. The van der Waals surface area contributed by atoms with E-state index in [0.29, 0.717) is 6.42 Å². The number of methoxy groups -OCH3 is 1. The third kappa shape index (κ3) is 1.68.